The number of nitrogens with one attached hydrogen (secondary N) is 1. The Kier molecular flexibility index (Phi) is 3.88. The summed E-state index contributed by atoms with van der Waals surface area (Å²) in [6, 6.07) is 14.0. The largest absolute Gasteiger partial charge is 0.357 e. The van der Waals surface area contributed by atoms with Gasteiger partial charge in [-0.25, -0.2) is 8.78 Å². The van der Waals surface area contributed by atoms with Gasteiger partial charge in [0.1, 0.15) is 17.3 Å². The predicted molar refractivity (Wildman–Crippen MR) is 80.4 cm³/mol. The van der Waals surface area contributed by atoms with Crippen LogP contribution in [0.15, 0.2) is 48.5 Å². The quantitative estimate of drug-likeness (QED) is 0.910. The molecule has 0 radical (unpaired) electrons. The molecule has 1 aliphatic rings. The van der Waals surface area contributed by atoms with Gasteiger partial charge in [0.25, 0.3) is 0 Å². The summed E-state index contributed by atoms with van der Waals surface area (Å²) in [7, 11) is 0. The number of benzene rings is 2. The van der Waals surface area contributed by atoms with E-state index in [0.717, 1.165) is 5.56 Å². The molecule has 2 atom stereocenters. The third-order valence-electron chi connectivity index (χ3n) is 3.92. The molecule has 0 saturated carbocycles. The van der Waals surface area contributed by atoms with Crippen molar-refractivity contribution in [3.8, 4) is 0 Å². The molecule has 1 N–H and O–H groups in total. The number of rotatable bonds is 2. The Morgan fingerprint density at radius 2 is 1.67 bits per heavy atom. The van der Waals surface area contributed by atoms with E-state index >= 15 is 0 Å². The second kappa shape index (κ2) is 5.82. The average Bonchev–Trinajstić information content (AvgIpc) is 2.48. The summed E-state index contributed by atoms with van der Waals surface area (Å²) >= 11 is 0. The van der Waals surface area contributed by atoms with Crippen LogP contribution in [0.2, 0.25) is 0 Å². The van der Waals surface area contributed by atoms with Crippen LogP contribution < -0.4 is 10.2 Å². The minimum atomic E-state index is -0.509. The van der Waals surface area contributed by atoms with Crippen molar-refractivity contribution in [2.45, 2.75) is 19.0 Å². The molecule has 3 rings (SSSR count). The van der Waals surface area contributed by atoms with Gasteiger partial charge in [0.15, 0.2) is 0 Å². The fourth-order valence-corrected chi connectivity index (χ4v) is 2.89. The maximum Gasteiger partial charge on any atom is 0.149 e. The molecule has 0 spiro atoms. The molecule has 1 heterocycles. The Morgan fingerprint density at radius 3 is 2.33 bits per heavy atom. The van der Waals surface area contributed by atoms with Gasteiger partial charge in [-0.2, -0.15) is 0 Å². The lowest BCUT2D eigenvalue weighted by molar-refractivity contribution is 0.406. The fraction of sp³-hybridized carbons (Fsp3) is 0.294. The molecule has 0 aromatic heterocycles. The van der Waals surface area contributed by atoms with Gasteiger partial charge in [-0.1, -0.05) is 36.4 Å². The maximum atomic E-state index is 14.1. The molecule has 21 heavy (non-hydrogen) atoms. The van der Waals surface area contributed by atoms with E-state index in [4.69, 9.17) is 0 Å². The molecule has 0 aliphatic carbocycles. The SMILES string of the molecule is CC1CN(c2c(F)cccc2F)C(c2ccccc2)CN1. The highest BCUT2D eigenvalue weighted by Gasteiger charge is 2.30. The molecule has 2 aromatic rings. The first-order valence-corrected chi connectivity index (χ1v) is 7.16. The zero-order valence-corrected chi connectivity index (χ0v) is 11.9. The van der Waals surface area contributed by atoms with Crippen molar-refractivity contribution in [2.75, 3.05) is 18.0 Å². The van der Waals surface area contributed by atoms with Crippen LogP contribution in [0.4, 0.5) is 14.5 Å². The number of anilines is 1. The number of hydrogen-bond acceptors (Lipinski definition) is 2. The van der Waals surface area contributed by atoms with E-state index in [9.17, 15) is 8.78 Å². The van der Waals surface area contributed by atoms with E-state index in [1.54, 1.807) is 0 Å². The van der Waals surface area contributed by atoms with E-state index in [2.05, 4.69) is 5.32 Å². The highest BCUT2D eigenvalue weighted by atomic mass is 19.1. The third kappa shape index (κ3) is 2.76. The van der Waals surface area contributed by atoms with Gasteiger partial charge in [0.05, 0.1) is 6.04 Å². The van der Waals surface area contributed by atoms with Crippen LogP contribution in [0, 0.1) is 11.6 Å². The van der Waals surface area contributed by atoms with Crippen LogP contribution in [-0.4, -0.2) is 19.1 Å². The number of para-hydroxylation sites is 1. The van der Waals surface area contributed by atoms with Crippen LogP contribution >= 0.6 is 0 Å². The Labute approximate surface area is 123 Å². The summed E-state index contributed by atoms with van der Waals surface area (Å²) < 4.78 is 28.3. The highest BCUT2D eigenvalue weighted by molar-refractivity contribution is 5.52. The van der Waals surface area contributed by atoms with E-state index in [1.165, 1.54) is 18.2 Å². The maximum absolute atomic E-state index is 14.1. The van der Waals surface area contributed by atoms with Crippen molar-refractivity contribution in [3.63, 3.8) is 0 Å². The Balaban J connectivity index is 2.03. The minimum Gasteiger partial charge on any atom is -0.357 e. The third-order valence-corrected chi connectivity index (χ3v) is 3.92. The molecule has 2 unspecified atom stereocenters. The van der Waals surface area contributed by atoms with Gasteiger partial charge in [-0.3, -0.25) is 0 Å². The molecular formula is C17H18F2N2. The van der Waals surface area contributed by atoms with Gasteiger partial charge in [-0.15, -0.1) is 0 Å². The van der Waals surface area contributed by atoms with Crippen molar-refractivity contribution in [1.29, 1.82) is 0 Å². The lowest BCUT2D eigenvalue weighted by Gasteiger charge is -2.41. The standard InChI is InChI=1S/C17H18F2N2/c1-12-11-21(17-14(18)8-5-9-15(17)19)16(10-20-12)13-6-3-2-4-7-13/h2-9,12,16,20H,10-11H2,1H3. The summed E-state index contributed by atoms with van der Waals surface area (Å²) in [5.41, 5.74) is 1.12. The molecule has 1 saturated heterocycles. The van der Waals surface area contributed by atoms with Gasteiger partial charge >= 0.3 is 0 Å². The first-order chi connectivity index (χ1) is 10.2. The molecule has 2 nitrogen and oxygen atoms in total. The molecule has 2 aromatic carbocycles. The normalized spacial score (nSPS) is 22.3. The highest BCUT2D eigenvalue weighted by Crippen LogP contribution is 2.33. The summed E-state index contributed by atoms with van der Waals surface area (Å²) in [5, 5.41) is 3.38. The molecule has 1 aliphatic heterocycles. The molecular weight excluding hydrogens is 270 g/mol. The zero-order valence-electron chi connectivity index (χ0n) is 11.9. The van der Waals surface area contributed by atoms with Crippen LogP contribution in [0.1, 0.15) is 18.5 Å². The first kappa shape index (κ1) is 14.0. The van der Waals surface area contributed by atoms with Crippen LogP contribution in [0.5, 0.6) is 0 Å². The van der Waals surface area contributed by atoms with E-state index < -0.39 is 11.6 Å². The van der Waals surface area contributed by atoms with Crippen molar-refractivity contribution in [3.05, 3.63) is 65.7 Å². The van der Waals surface area contributed by atoms with Gasteiger partial charge in [-0.05, 0) is 24.6 Å². The topological polar surface area (TPSA) is 15.3 Å². The van der Waals surface area contributed by atoms with E-state index in [-0.39, 0.29) is 17.8 Å². The molecule has 0 bridgehead atoms. The summed E-state index contributed by atoms with van der Waals surface area (Å²) in [6.45, 7) is 3.25. The van der Waals surface area contributed by atoms with Gasteiger partial charge in [0.2, 0.25) is 0 Å². The zero-order chi connectivity index (χ0) is 14.8. The number of halogens is 2. The van der Waals surface area contributed by atoms with Crippen molar-refractivity contribution in [1.82, 2.24) is 5.32 Å². The summed E-state index contributed by atoms with van der Waals surface area (Å²) in [6.07, 6.45) is 0. The molecule has 4 heteroatoms. The van der Waals surface area contributed by atoms with Crippen LogP contribution in [0.25, 0.3) is 0 Å². The van der Waals surface area contributed by atoms with Crippen molar-refractivity contribution in [2.24, 2.45) is 0 Å². The smallest absolute Gasteiger partial charge is 0.149 e. The van der Waals surface area contributed by atoms with Crippen molar-refractivity contribution < 1.29 is 8.78 Å². The summed E-state index contributed by atoms with van der Waals surface area (Å²) in [5.74, 6) is -1.02. The van der Waals surface area contributed by atoms with Gasteiger partial charge in [0, 0.05) is 19.1 Å². The second-order valence-corrected chi connectivity index (χ2v) is 5.46. The number of nitrogens with zero attached hydrogens (tertiary/aromatic N) is 1. The minimum absolute atomic E-state index is 0.0692. The molecule has 1 fully saturated rings. The van der Waals surface area contributed by atoms with Crippen LogP contribution in [0.3, 0.4) is 0 Å². The Bertz CT molecular complexity index is 595. The fourth-order valence-electron chi connectivity index (χ4n) is 2.89. The predicted octanol–water partition coefficient (Wildman–Crippen LogP) is 3.50. The van der Waals surface area contributed by atoms with E-state index in [0.29, 0.717) is 13.1 Å². The Hall–Kier alpha value is -1.94. The lowest BCUT2D eigenvalue weighted by Crippen LogP contribution is -2.51. The van der Waals surface area contributed by atoms with Crippen molar-refractivity contribution >= 4 is 5.69 Å². The number of piperazine rings is 1. The lowest BCUT2D eigenvalue weighted by atomic mass is 10.00. The molecule has 110 valence electrons. The van der Waals surface area contributed by atoms with Crippen LogP contribution in [-0.2, 0) is 0 Å². The second-order valence-electron chi connectivity index (χ2n) is 5.46. The first-order valence-electron chi connectivity index (χ1n) is 7.16. The Morgan fingerprint density at radius 1 is 1.00 bits per heavy atom. The summed E-state index contributed by atoms with van der Waals surface area (Å²) in [4.78, 5) is 1.83. The monoisotopic (exact) mass is 288 g/mol. The van der Waals surface area contributed by atoms with E-state index in [1.807, 2.05) is 42.2 Å². The molecule has 0 amide bonds. The van der Waals surface area contributed by atoms with Gasteiger partial charge < -0.3 is 10.2 Å². The number of hydrogen-bond donors (Lipinski definition) is 1. The average molecular weight is 288 g/mol.